The van der Waals surface area contributed by atoms with E-state index < -0.39 is 12.6 Å². The SMILES string of the molecule is O=C(NNCCC(F)(F)F)C1CCNCC1. The van der Waals surface area contributed by atoms with Crippen molar-refractivity contribution < 1.29 is 18.0 Å². The number of carbonyl (C=O) groups excluding carboxylic acids is 1. The molecule has 1 heterocycles. The number of rotatable bonds is 4. The minimum atomic E-state index is -4.19. The molecule has 94 valence electrons. The molecular formula is C9H16F3N3O. The lowest BCUT2D eigenvalue weighted by atomic mass is 9.98. The first-order chi connectivity index (χ1) is 7.49. The minimum Gasteiger partial charge on any atom is -0.317 e. The van der Waals surface area contributed by atoms with Crippen LogP contribution in [-0.2, 0) is 4.79 Å². The van der Waals surface area contributed by atoms with Gasteiger partial charge in [-0.05, 0) is 25.9 Å². The van der Waals surface area contributed by atoms with Gasteiger partial charge in [0.05, 0.1) is 6.42 Å². The minimum absolute atomic E-state index is 0.0976. The van der Waals surface area contributed by atoms with E-state index in [-0.39, 0.29) is 18.4 Å². The number of alkyl halides is 3. The van der Waals surface area contributed by atoms with Crippen molar-refractivity contribution in [3.05, 3.63) is 0 Å². The van der Waals surface area contributed by atoms with Crippen LogP contribution in [0.5, 0.6) is 0 Å². The van der Waals surface area contributed by atoms with Crippen molar-refractivity contribution in [2.75, 3.05) is 19.6 Å². The molecule has 3 N–H and O–H groups in total. The fourth-order valence-electron chi connectivity index (χ4n) is 1.54. The first-order valence-corrected chi connectivity index (χ1v) is 5.29. The maximum atomic E-state index is 11.8. The summed E-state index contributed by atoms with van der Waals surface area (Å²) in [5, 5.41) is 3.11. The summed E-state index contributed by atoms with van der Waals surface area (Å²) in [6, 6.07) is 0. The van der Waals surface area contributed by atoms with Gasteiger partial charge in [0, 0.05) is 12.5 Å². The third-order valence-electron chi connectivity index (χ3n) is 2.46. The fraction of sp³-hybridized carbons (Fsp3) is 0.889. The summed E-state index contributed by atoms with van der Waals surface area (Å²) >= 11 is 0. The number of amides is 1. The highest BCUT2D eigenvalue weighted by molar-refractivity contribution is 5.78. The van der Waals surface area contributed by atoms with E-state index in [1.165, 1.54) is 0 Å². The molecule has 0 spiro atoms. The van der Waals surface area contributed by atoms with Gasteiger partial charge in [0.15, 0.2) is 0 Å². The lowest BCUT2D eigenvalue weighted by Crippen LogP contribution is -2.45. The van der Waals surface area contributed by atoms with E-state index in [1.54, 1.807) is 0 Å². The van der Waals surface area contributed by atoms with Gasteiger partial charge in [-0.15, -0.1) is 0 Å². The average molecular weight is 239 g/mol. The van der Waals surface area contributed by atoms with Gasteiger partial charge in [0.1, 0.15) is 0 Å². The van der Waals surface area contributed by atoms with E-state index in [2.05, 4.69) is 16.2 Å². The van der Waals surface area contributed by atoms with Gasteiger partial charge in [0.25, 0.3) is 0 Å². The van der Waals surface area contributed by atoms with Gasteiger partial charge in [0.2, 0.25) is 5.91 Å². The third kappa shape index (κ3) is 5.32. The second kappa shape index (κ2) is 6.05. The maximum absolute atomic E-state index is 11.8. The van der Waals surface area contributed by atoms with Crippen molar-refractivity contribution in [3.8, 4) is 0 Å². The Labute approximate surface area is 91.9 Å². The van der Waals surface area contributed by atoms with Gasteiger partial charge >= 0.3 is 6.18 Å². The molecular weight excluding hydrogens is 223 g/mol. The van der Waals surface area contributed by atoms with Crippen LogP contribution in [0.4, 0.5) is 13.2 Å². The molecule has 4 nitrogen and oxygen atoms in total. The number of halogens is 3. The van der Waals surface area contributed by atoms with E-state index >= 15 is 0 Å². The van der Waals surface area contributed by atoms with Gasteiger partial charge in [-0.25, -0.2) is 5.43 Å². The number of piperidine rings is 1. The van der Waals surface area contributed by atoms with E-state index in [4.69, 9.17) is 0 Å². The van der Waals surface area contributed by atoms with Crippen LogP contribution in [0.1, 0.15) is 19.3 Å². The Balaban J connectivity index is 2.10. The lowest BCUT2D eigenvalue weighted by Gasteiger charge is -2.21. The van der Waals surface area contributed by atoms with Gasteiger partial charge in [-0.2, -0.15) is 13.2 Å². The highest BCUT2D eigenvalue weighted by Gasteiger charge is 2.26. The molecule has 1 amide bonds. The highest BCUT2D eigenvalue weighted by Crippen LogP contribution is 2.18. The average Bonchev–Trinajstić information content (AvgIpc) is 2.24. The zero-order valence-corrected chi connectivity index (χ0v) is 8.86. The number of hydrogen-bond donors (Lipinski definition) is 3. The molecule has 1 aliphatic heterocycles. The Hall–Kier alpha value is -0.820. The van der Waals surface area contributed by atoms with Crippen LogP contribution in [0.2, 0.25) is 0 Å². The Bertz CT molecular complexity index is 227. The van der Waals surface area contributed by atoms with E-state index in [0.29, 0.717) is 0 Å². The predicted molar refractivity (Wildman–Crippen MR) is 52.4 cm³/mol. The smallest absolute Gasteiger partial charge is 0.317 e. The summed E-state index contributed by atoms with van der Waals surface area (Å²) in [5.74, 6) is -0.316. The molecule has 0 saturated carbocycles. The Morgan fingerprint density at radius 2 is 1.94 bits per heavy atom. The van der Waals surface area contributed by atoms with E-state index in [1.807, 2.05) is 0 Å². The number of hydrazine groups is 1. The molecule has 0 aromatic carbocycles. The molecule has 1 aliphatic rings. The molecule has 0 unspecified atom stereocenters. The van der Waals surface area contributed by atoms with Crippen molar-refractivity contribution in [2.45, 2.75) is 25.4 Å². The Morgan fingerprint density at radius 3 is 2.50 bits per heavy atom. The van der Waals surface area contributed by atoms with Crippen molar-refractivity contribution in [1.82, 2.24) is 16.2 Å². The second-order valence-electron chi connectivity index (χ2n) is 3.81. The molecule has 0 aliphatic carbocycles. The first-order valence-electron chi connectivity index (χ1n) is 5.29. The summed E-state index contributed by atoms with van der Waals surface area (Å²) < 4.78 is 35.3. The lowest BCUT2D eigenvalue weighted by molar-refractivity contribution is -0.136. The summed E-state index contributed by atoms with van der Waals surface area (Å²) in [7, 11) is 0. The first kappa shape index (κ1) is 13.2. The Morgan fingerprint density at radius 1 is 1.31 bits per heavy atom. The topological polar surface area (TPSA) is 53.2 Å². The molecule has 0 atom stereocenters. The van der Waals surface area contributed by atoms with Crippen LogP contribution in [-0.4, -0.2) is 31.7 Å². The summed E-state index contributed by atoms with van der Waals surface area (Å²) in [6.07, 6.45) is -3.68. The van der Waals surface area contributed by atoms with Crippen molar-refractivity contribution in [3.63, 3.8) is 0 Å². The van der Waals surface area contributed by atoms with Crippen LogP contribution >= 0.6 is 0 Å². The predicted octanol–water partition coefficient (Wildman–Crippen LogP) is 0.559. The molecule has 7 heteroatoms. The van der Waals surface area contributed by atoms with Gasteiger partial charge < -0.3 is 5.32 Å². The van der Waals surface area contributed by atoms with E-state index in [9.17, 15) is 18.0 Å². The molecule has 0 aromatic rings. The van der Waals surface area contributed by atoms with Crippen molar-refractivity contribution in [1.29, 1.82) is 0 Å². The number of carbonyl (C=O) groups is 1. The van der Waals surface area contributed by atoms with Crippen molar-refractivity contribution in [2.24, 2.45) is 5.92 Å². The Kier molecular flexibility index (Phi) is 5.01. The van der Waals surface area contributed by atoms with E-state index in [0.717, 1.165) is 25.9 Å². The number of nitrogens with one attached hydrogen (secondary N) is 3. The largest absolute Gasteiger partial charge is 0.390 e. The van der Waals surface area contributed by atoms with Crippen LogP contribution in [0.3, 0.4) is 0 Å². The third-order valence-corrected chi connectivity index (χ3v) is 2.46. The zero-order chi connectivity index (χ0) is 12.0. The quantitative estimate of drug-likeness (QED) is 0.496. The normalized spacial score (nSPS) is 18.4. The van der Waals surface area contributed by atoms with Crippen LogP contribution in [0.25, 0.3) is 0 Å². The second-order valence-corrected chi connectivity index (χ2v) is 3.81. The number of hydrogen-bond acceptors (Lipinski definition) is 3. The molecule has 0 aromatic heterocycles. The monoisotopic (exact) mass is 239 g/mol. The molecule has 1 fully saturated rings. The molecule has 1 saturated heterocycles. The van der Waals surface area contributed by atoms with Crippen LogP contribution in [0, 0.1) is 5.92 Å². The standard InChI is InChI=1S/C9H16F3N3O/c10-9(11,12)3-6-14-15-8(16)7-1-4-13-5-2-7/h7,13-14H,1-6H2,(H,15,16). The van der Waals surface area contributed by atoms with Crippen LogP contribution in [0.15, 0.2) is 0 Å². The fourth-order valence-corrected chi connectivity index (χ4v) is 1.54. The maximum Gasteiger partial charge on any atom is 0.390 e. The van der Waals surface area contributed by atoms with Crippen LogP contribution < -0.4 is 16.2 Å². The van der Waals surface area contributed by atoms with Crippen molar-refractivity contribution >= 4 is 5.91 Å². The van der Waals surface area contributed by atoms with Gasteiger partial charge in [-0.1, -0.05) is 0 Å². The highest BCUT2D eigenvalue weighted by atomic mass is 19.4. The summed E-state index contributed by atoms with van der Waals surface area (Å²) in [5.41, 5.74) is 4.61. The molecule has 1 rings (SSSR count). The summed E-state index contributed by atoms with van der Waals surface area (Å²) in [4.78, 5) is 11.4. The molecule has 0 bridgehead atoms. The molecule has 0 radical (unpaired) electrons. The summed E-state index contributed by atoms with van der Waals surface area (Å²) in [6.45, 7) is 1.27. The zero-order valence-electron chi connectivity index (χ0n) is 8.86. The molecule has 16 heavy (non-hydrogen) atoms. The van der Waals surface area contributed by atoms with Gasteiger partial charge in [-0.3, -0.25) is 10.2 Å².